The fourth-order valence-electron chi connectivity index (χ4n) is 0. The molecule has 0 heterocycles. The van der Waals surface area contributed by atoms with Gasteiger partial charge in [0.25, 0.3) is 0 Å². The van der Waals surface area contributed by atoms with E-state index in [9.17, 15) is 0 Å². The molecule has 0 fully saturated rings. The van der Waals surface area contributed by atoms with Crippen LogP contribution in [0.2, 0.25) is 13.6 Å². The van der Waals surface area contributed by atoms with Gasteiger partial charge < -0.3 is 0 Å². The molecule has 0 saturated heterocycles. The summed E-state index contributed by atoms with van der Waals surface area (Å²) >= 11 is 0. The average molecular weight is 78.5 g/mol. The molecule has 0 amide bonds. The summed E-state index contributed by atoms with van der Waals surface area (Å²) in [5.74, 6) is 0. The Hall–Kier alpha value is 0.195. The molecule has 0 bridgehead atoms. The molecule has 0 atom stereocenters. The summed E-state index contributed by atoms with van der Waals surface area (Å²) in [6, 6.07) is 0. The van der Waals surface area contributed by atoms with Crippen LogP contribution in [0.3, 0.4) is 0 Å². The van der Waals surface area contributed by atoms with Gasteiger partial charge in [0, 0.05) is 7.74 Å². The van der Waals surface area contributed by atoms with Crippen LogP contribution >= 0.6 is 0 Å². The average Bonchev–Trinajstić information content (AvgIpc) is 1.38. The lowest BCUT2D eigenvalue weighted by Crippen LogP contribution is -2.13. The summed E-state index contributed by atoms with van der Waals surface area (Å²) in [6.07, 6.45) is 0. The lowest BCUT2D eigenvalue weighted by molar-refractivity contribution is 2.26. The first-order valence-corrected chi connectivity index (χ1v) is 1.82. The minimum Gasteiger partial charge on any atom is -0.101 e. The van der Waals surface area contributed by atoms with Crippen LogP contribution in [-0.2, 0) is 0 Å². The van der Waals surface area contributed by atoms with E-state index >= 15 is 0 Å². The van der Waals surface area contributed by atoms with E-state index in [0.29, 0.717) is 0 Å². The maximum Gasteiger partial charge on any atom is 0.0598 e. The first-order valence-electron chi connectivity index (χ1n) is 1.82. The van der Waals surface area contributed by atoms with Crippen LogP contribution in [0, 0.1) is 0 Å². The normalized spacial score (nSPS) is 5.67. The number of hydrogen-bond donors (Lipinski definition) is 0. The second kappa shape index (κ2) is 5.19. The van der Waals surface area contributed by atoms with Gasteiger partial charge in [-0.05, 0) is 0 Å². The fourth-order valence-corrected chi connectivity index (χ4v) is 0. The minimum absolute atomic E-state index is 0. The maximum atomic E-state index is 5.24. The van der Waals surface area contributed by atoms with Gasteiger partial charge in [-0.1, -0.05) is 14.2 Å². The Morgan fingerprint density at radius 1 is 1.67 bits per heavy atom. The van der Waals surface area contributed by atoms with Crippen molar-refractivity contribution in [2.75, 3.05) is 0 Å². The second-order valence-electron chi connectivity index (χ2n) is 1.19. The van der Waals surface area contributed by atoms with E-state index in [1.165, 1.54) is 0 Å². The molecular weight excluding hydrogens is 68.5 g/mol. The predicted molar refractivity (Wildman–Crippen MR) is 35.7 cm³/mol. The smallest absolute Gasteiger partial charge is 0.0598 e. The van der Waals surface area contributed by atoms with Crippen molar-refractivity contribution >= 4 is 21.4 Å². The van der Waals surface area contributed by atoms with Crippen molar-refractivity contribution < 1.29 is 0 Å². The predicted octanol–water partition coefficient (Wildman–Crippen LogP) is 0.661. The molecule has 0 aliphatic rings. The van der Waals surface area contributed by atoms with Crippen molar-refractivity contribution in [1.82, 2.24) is 0 Å². The van der Waals surface area contributed by atoms with E-state index < -0.39 is 0 Å². The zero-order valence-electron chi connectivity index (χ0n) is 3.73. The Morgan fingerprint density at radius 3 is 1.83 bits per heavy atom. The Bertz CT molecular complexity index is 20.0. The van der Waals surface area contributed by atoms with Crippen LogP contribution in [0.4, 0.5) is 0 Å². The van der Waals surface area contributed by atoms with Crippen molar-refractivity contribution in [1.29, 1.82) is 0 Å². The zero-order valence-corrected chi connectivity index (χ0v) is 3.73. The molecule has 0 aliphatic carbocycles. The highest BCUT2D eigenvalue weighted by Gasteiger charge is 1.87. The molecule has 0 N–H and O–H groups in total. The van der Waals surface area contributed by atoms with E-state index in [-0.39, 0.29) is 13.9 Å². The lowest BCUT2D eigenvalue weighted by atomic mass is 9.13. The van der Waals surface area contributed by atoms with Crippen LogP contribution in [0.25, 0.3) is 0 Å². The molecule has 0 nitrogen and oxygen atoms in total. The summed E-state index contributed by atoms with van der Waals surface area (Å²) in [5.41, 5.74) is 0. The monoisotopic (exact) mass is 79.1 g/mol. The van der Waals surface area contributed by atoms with Gasteiger partial charge in [-0.25, -0.2) is 0 Å². The summed E-state index contributed by atoms with van der Waals surface area (Å²) in [4.78, 5) is 0. The number of hydrogen-bond acceptors (Lipinski definition) is 0. The Kier molecular flexibility index (Phi) is 8.23. The molecule has 0 unspecified atom stereocenters. The van der Waals surface area contributed by atoms with E-state index in [0.717, 1.165) is 0 Å². The van der Waals surface area contributed by atoms with Crippen LogP contribution < -0.4 is 0 Å². The quantitative estimate of drug-likeness (QED) is 0.404. The van der Waals surface area contributed by atoms with Gasteiger partial charge in [0.15, 0.2) is 0 Å². The molecule has 3 radical (unpaired) electrons. The van der Waals surface area contributed by atoms with Gasteiger partial charge in [0.2, 0.25) is 0 Å². The SMILES string of the molecule is C.[B]B(C)[B]C. The van der Waals surface area contributed by atoms with Gasteiger partial charge in [-0.3, -0.25) is 0 Å². The highest BCUT2D eigenvalue weighted by atomic mass is 13.0. The van der Waals surface area contributed by atoms with E-state index in [1.807, 2.05) is 20.8 Å². The van der Waals surface area contributed by atoms with Gasteiger partial charge >= 0.3 is 0 Å². The first-order chi connectivity index (χ1) is 2.27. The minimum atomic E-state index is 0. The molecule has 31 valence electrons. The van der Waals surface area contributed by atoms with E-state index in [2.05, 4.69) is 0 Å². The van der Waals surface area contributed by atoms with Crippen LogP contribution in [0.15, 0.2) is 0 Å². The molecular formula is C3H10B3. The molecule has 3 heteroatoms. The van der Waals surface area contributed by atoms with Crippen LogP contribution in [-0.4, -0.2) is 21.4 Å². The van der Waals surface area contributed by atoms with E-state index in [1.54, 1.807) is 0 Å². The number of rotatable bonds is 1. The lowest BCUT2D eigenvalue weighted by Gasteiger charge is -1.83. The fraction of sp³-hybridized carbons (Fsp3) is 1.00. The third kappa shape index (κ3) is 8.89. The Balaban J connectivity index is 0. The topological polar surface area (TPSA) is 0 Å². The molecule has 0 spiro atoms. The highest BCUT2D eigenvalue weighted by Crippen LogP contribution is 1.62. The third-order valence-corrected chi connectivity index (χ3v) is 0.526. The Morgan fingerprint density at radius 2 is 1.83 bits per heavy atom. The zero-order chi connectivity index (χ0) is 4.28. The first kappa shape index (κ1) is 9.50. The molecule has 0 rings (SSSR count). The van der Waals surface area contributed by atoms with Gasteiger partial charge in [0.1, 0.15) is 0 Å². The van der Waals surface area contributed by atoms with E-state index in [4.69, 9.17) is 7.74 Å². The standard InChI is InChI=1S/C2H6B3.CH4/c1-4-5(2)3;/h1-2H3;1H4. The third-order valence-electron chi connectivity index (χ3n) is 0.526. The van der Waals surface area contributed by atoms with Crippen molar-refractivity contribution in [3.8, 4) is 0 Å². The largest absolute Gasteiger partial charge is 0.101 e. The molecule has 0 aromatic heterocycles. The van der Waals surface area contributed by atoms with Gasteiger partial charge in [-0.2, -0.15) is 0 Å². The van der Waals surface area contributed by atoms with Gasteiger partial charge in [0.05, 0.1) is 13.7 Å². The molecule has 0 aliphatic heterocycles. The summed E-state index contributed by atoms with van der Waals surface area (Å²) in [6.45, 7) is 4.15. The van der Waals surface area contributed by atoms with Gasteiger partial charge in [-0.15, -0.1) is 6.82 Å². The van der Waals surface area contributed by atoms with Crippen LogP contribution in [0.1, 0.15) is 7.43 Å². The summed E-state index contributed by atoms with van der Waals surface area (Å²) in [7, 11) is 7.18. The van der Waals surface area contributed by atoms with Crippen molar-refractivity contribution in [2.45, 2.75) is 21.1 Å². The molecule has 0 aromatic rings. The molecule has 0 aromatic carbocycles. The molecule has 0 saturated carbocycles. The van der Waals surface area contributed by atoms with Crippen molar-refractivity contribution in [3.63, 3.8) is 0 Å². The Labute approximate surface area is 43.4 Å². The van der Waals surface area contributed by atoms with Crippen LogP contribution in [0.5, 0.6) is 0 Å². The summed E-state index contributed by atoms with van der Waals surface area (Å²) < 4.78 is 0. The maximum absolute atomic E-state index is 5.24. The molecule has 6 heavy (non-hydrogen) atoms. The highest BCUT2D eigenvalue weighted by molar-refractivity contribution is 7.34. The van der Waals surface area contributed by atoms with Crippen molar-refractivity contribution in [2.24, 2.45) is 0 Å². The van der Waals surface area contributed by atoms with Crippen molar-refractivity contribution in [3.05, 3.63) is 0 Å². The summed E-state index contributed by atoms with van der Waals surface area (Å²) in [5, 5.41) is 0. The second-order valence-corrected chi connectivity index (χ2v) is 1.19.